The quantitative estimate of drug-likeness (QED) is 0.860. The molecule has 0 saturated carbocycles. The Morgan fingerprint density at radius 2 is 2.18 bits per heavy atom. The largest absolute Gasteiger partial charge is 0.480 e. The van der Waals surface area contributed by atoms with Crippen molar-refractivity contribution in [3.8, 4) is 0 Å². The summed E-state index contributed by atoms with van der Waals surface area (Å²) in [5, 5.41) is 12.5. The number of aliphatic carboxylic acids is 1. The van der Waals surface area contributed by atoms with Crippen molar-refractivity contribution >= 4 is 17.3 Å². The number of alkyl halides is 3. The number of hydrogen-bond acceptors (Lipinski definition) is 3. The molecule has 7 heteroatoms. The Kier molecular flexibility index (Phi) is 4.16. The minimum absolute atomic E-state index is 0.0389. The maximum absolute atomic E-state index is 12.6. The van der Waals surface area contributed by atoms with Crippen molar-refractivity contribution in [1.29, 1.82) is 0 Å². The van der Waals surface area contributed by atoms with Gasteiger partial charge in [-0.1, -0.05) is 6.07 Å². The SMILES string of the molecule is CC(NCCc1cccs1)(C(=O)O)C(F)(F)F. The predicted octanol–water partition coefficient (Wildman–Crippen LogP) is 2.29. The molecule has 0 bridgehead atoms. The molecule has 0 fully saturated rings. The van der Waals surface area contributed by atoms with Crippen LogP contribution in [0.25, 0.3) is 0 Å². The molecule has 0 aliphatic carbocycles. The number of nitrogens with one attached hydrogen (secondary N) is 1. The van der Waals surface area contributed by atoms with E-state index in [1.165, 1.54) is 11.3 Å². The van der Waals surface area contributed by atoms with Gasteiger partial charge >= 0.3 is 12.1 Å². The lowest BCUT2D eigenvalue weighted by Crippen LogP contribution is -2.60. The van der Waals surface area contributed by atoms with Crippen LogP contribution in [0.4, 0.5) is 13.2 Å². The first-order valence-electron chi connectivity index (χ1n) is 4.85. The zero-order valence-electron chi connectivity index (χ0n) is 9.04. The van der Waals surface area contributed by atoms with Gasteiger partial charge in [-0.2, -0.15) is 13.2 Å². The maximum Gasteiger partial charge on any atom is 0.417 e. The number of hydrogen-bond donors (Lipinski definition) is 2. The van der Waals surface area contributed by atoms with Crippen LogP contribution >= 0.6 is 11.3 Å². The Bertz CT molecular complexity index is 377. The zero-order valence-corrected chi connectivity index (χ0v) is 9.86. The molecule has 1 atom stereocenters. The Morgan fingerprint density at radius 1 is 1.53 bits per heavy atom. The first kappa shape index (κ1) is 14.0. The molecular weight excluding hydrogens is 255 g/mol. The minimum atomic E-state index is -4.83. The fourth-order valence-corrected chi connectivity index (χ4v) is 1.90. The second-order valence-corrected chi connectivity index (χ2v) is 4.72. The monoisotopic (exact) mass is 267 g/mol. The molecular formula is C10H12F3NO2S. The summed E-state index contributed by atoms with van der Waals surface area (Å²) in [5.74, 6) is -1.92. The highest BCUT2D eigenvalue weighted by Crippen LogP contribution is 2.30. The molecule has 2 N–H and O–H groups in total. The van der Waals surface area contributed by atoms with E-state index in [1.54, 1.807) is 12.1 Å². The normalized spacial score (nSPS) is 15.5. The highest BCUT2D eigenvalue weighted by Gasteiger charge is 2.56. The van der Waals surface area contributed by atoms with Crippen LogP contribution < -0.4 is 5.32 Å². The Balaban J connectivity index is 2.60. The molecule has 0 aliphatic rings. The summed E-state index contributed by atoms with van der Waals surface area (Å²) in [7, 11) is 0. The Hall–Kier alpha value is -1.08. The molecule has 0 spiro atoms. The first-order chi connectivity index (χ1) is 7.77. The Labute approximate surface area is 100 Å². The number of rotatable bonds is 5. The van der Waals surface area contributed by atoms with Crippen molar-refractivity contribution in [2.45, 2.75) is 25.1 Å². The summed E-state index contributed by atoms with van der Waals surface area (Å²) in [6.45, 7) is 0.590. The van der Waals surface area contributed by atoms with E-state index >= 15 is 0 Å². The smallest absolute Gasteiger partial charge is 0.417 e. The van der Waals surface area contributed by atoms with Crippen molar-refractivity contribution in [1.82, 2.24) is 5.32 Å². The predicted molar refractivity (Wildman–Crippen MR) is 58.1 cm³/mol. The van der Waals surface area contributed by atoms with Crippen molar-refractivity contribution < 1.29 is 23.1 Å². The maximum atomic E-state index is 12.6. The molecule has 3 nitrogen and oxygen atoms in total. The molecule has 1 unspecified atom stereocenters. The number of thiophene rings is 1. The number of halogens is 3. The Morgan fingerprint density at radius 3 is 2.59 bits per heavy atom. The molecule has 1 rings (SSSR count). The molecule has 96 valence electrons. The summed E-state index contributed by atoms with van der Waals surface area (Å²) in [6, 6.07) is 3.58. The third-order valence-electron chi connectivity index (χ3n) is 2.42. The lowest BCUT2D eigenvalue weighted by Gasteiger charge is -2.28. The van der Waals surface area contributed by atoms with Gasteiger partial charge in [-0.25, -0.2) is 4.79 Å². The van der Waals surface area contributed by atoms with Gasteiger partial charge in [-0.15, -0.1) is 11.3 Å². The van der Waals surface area contributed by atoms with E-state index in [-0.39, 0.29) is 6.54 Å². The highest BCUT2D eigenvalue weighted by atomic mass is 32.1. The zero-order chi connectivity index (χ0) is 13.1. The second-order valence-electron chi connectivity index (χ2n) is 3.68. The van der Waals surface area contributed by atoms with E-state index in [0.717, 1.165) is 4.88 Å². The number of carboxylic acids is 1. The minimum Gasteiger partial charge on any atom is -0.480 e. The summed E-state index contributed by atoms with van der Waals surface area (Å²) >= 11 is 1.42. The van der Waals surface area contributed by atoms with Gasteiger partial charge in [0.15, 0.2) is 0 Å². The fourth-order valence-electron chi connectivity index (χ4n) is 1.19. The van der Waals surface area contributed by atoms with Crippen LogP contribution in [0.15, 0.2) is 17.5 Å². The third kappa shape index (κ3) is 3.19. The molecule has 0 radical (unpaired) electrons. The summed E-state index contributed by atoms with van der Waals surface area (Å²) in [6.07, 6.45) is -4.45. The van der Waals surface area contributed by atoms with Gasteiger partial charge in [-0.05, 0) is 24.8 Å². The van der Waals surface area contributed by atoms with Crippen molar-refractivity contribution in [3.63, 3.8) is 0 Å². The van der Waals surface area contributed by atoms with Crippen LogP contribution in [0.5, 0.6) is 0 Å². The van der Waals surface area contributed by atoms with E-state index in [9.17, 15) is 18.0 Å². The highest BCUT2D eigenvalue weighted by molar-refractivity contribution is 7.09. The van der Waals surface area contributed by atoms with Gasteiger partial charge in [0, 0.05) is 11.4 Å². The van der Waals surface area contributed by atoms with Gasteiger partial charge in [0.05, 0.1) is 0 Å². The van der Waals surface area contributed by atoms with Gasteiger partial charge in [-0.3, -0.25) is 5.32 Å². The molecule has 0 aromatic carbocycles. The number of carboxylic acid groups (broad SMARTS) is 1. The van der Waals surface area contributed by atoms with E-state index in [2.05, 4.69) is 5.32 Å². The van der Waals surface area contributed by atoms with Gasteiger partial charge in [0.25, 0.3) is 0 Å². The summed E-state index contributed by atoms with van der Waals surface area (Å²) < 4.78 is 37.7. The summed E-state index contributed by atoms with van der Waals surface area (Å²) in [5.41, 5.74) is -2.90. The number of carbonyl (C=O) groups is 1. The van der Waals surface area contributed by atoms with Crippen molar-refractivity contribution in [3.05, 3.63) is 22.4 Å². The van der Waals surface area contributed by atoms with Crippen molar-refractivity contribution in [2.24, 2.45) is 0 Å². The van der Waals surface area contributed by atoms with E-state index in [4.69, 9.17) is 5.11 Å². The van der Waals surface area contributed by atoms with E-state index in [0.29, 0.717) is 13.3 Å². The molecule has 0 saturated heterocycles. The molecule has 1 aromatic heterocycles. The van der Waals surface area contributed by atoms with E-state index in [1.807, 2.05) is 5.38 Å². The van der Waals surface area contributed by atoms with Gasteiger partial charge in [0.2, 0.25) is 5.54 Å². The molecule has 17 heavy (non-hydrogen) atoms. The first-order valence-corrected chi connectivity index (χ1v) is 5.73. The average Bonchev–Trinajstić information content (AvgIpc) is 2.68. The van der Waals surface area contributed by atoms with Gasteiger partial charge in [0.1, 0.15) is 0 Å². The summed E-state index contributed by atoms with van der Waals surface area (Å²) in [4.78, 5) is 11.6. The van der Waals surface area contributed by atoms with Crippen LogP contribution in [0.2, 0.25) is 0 Å². The molecule has 0 amide bonds. The van der Waals surface area contributed by atoms with E-state index < -0.39 is 17.7 Å². The lowest BCUT2D eigenvalue weighted by molar-refractivity contribution is -0.205. The average molecular weight is 267 g/mol. The molecule has 1 heterocycles. The lowest BCUT2D eigenvalue weighted by atomic mass is 10.0. The second kappa shape index (κ2) is 5.05. The molecule has 1 aromatic rings. The van der Waals surface area contributed by atoms with Crippen LogP contribution in [0.3, 0.4) is 0 Å². The van der Waals surface area contributed by atoms with Gasteiger partial charge < -0.3 is 5.11 Å². The van der Waals surface area contributed by atoms with Crippen molar-refractivity contribution in [2.75, 3.05) is 6.54 Å². The van der Waals surface area contributed by atoms with Crippen LogP contribution in [0, 0.1) is 0 Å². The molecule has 0 aliphatic heterocycles. The van der Waals surface area contributed by atoms with Crippen LogP contribution in [-0.2, 0) is 11.2 Å². The van der Waals surface area contributed by atoms with Crippen LogP contribution in [0.1, 0.15) is 11.8 Å². The topological polar surface area (TPSA) is 49.3 Å². The third-order valence-corrected chi connectivity index (χ3v) is 3.36. The standard InChI is InChI=1S/C10H12F3NO2S/c1-9(8(15)16,10(11,12)13)14-5-4-7-3-2-6-17-7/h2-3,6,14H,4-5H2,1H3,(H,15,16). The fraction of sp³-hybridized carbons (Fsp3) is 0.500. The van der Waals surface area contributed by atoms with Crippen LogP contribution in [-0.4, -0.2) is 29.3 Å².